The van der Waals surface area contributed by atoms with E-state index in [1.54, 1.807) is 17.5 Å². The van der Waals surface area contributed by atoms with Crippen molar-refractivity contribution in [3.63, 3.8) is 0 Å². The van der Waals surface area contributed by atoms with E-state index in [0.717, 1.165) is 22.1 Å². The lowest BCUT2D eigenvalue weighted by molar-refractivity contribution is 1.05. The third-order valence-electron chi connectivity index (χ3n) is 2.17. The van der Waals surface area contributed by atoms with E-state index in [-0.39, 0.29) is 0 Å². The summed E-state index contributed by atoms with van der Waals surface area (Å²) in [6.45, 7) is 4.68. The van der Waals surface area contributed by atoms with Crippen LogP contribution in [-0.2, 0) is 6.54 Å². The molecule has 0 fully saturated rings. The van der Waals surface area contributed by atoms with Crippen molar-refractivity contribution in [3.05, 3.63) is 33.9 Å². The summed E-state index contributed by atoms with van der Waals surface area (Å²) in [5, 5.41) is 6.36. The smallest absolute Gasteiger partial charge is 0.129 e. The van der Waals surface area contributed by atoms with Crippen LogP contribution in [0, 0.1) is 13.8 Å². The van der Waals surface area contributed by atoms with Gasteiger partial charge < -0.3 is 11.1 Å². The van der Waals surface area contributed by atoms with Crippen LogP contribution in [0.5, 0.6) is 0 Å². The third kappa shape index (κ3) is 2.49. The van der Waals surface area contributed by atoms with Crippen LogP contribution in [0.2, 0.25) is 0 Å². The number of hydrogen-bond donors (Lipinski definition) is 2. The molecular weight excluding hydrogens is 220 g/mol. The van der Waals surface area contributed by atoms with Crippen LogP contribution in [-0.4, -0.2) is 9.97 Å². The summed E-state index contributed by atoms with van der Waals surface area (Å²) in [5.74, 6) is 0.863. The largest absolute Gasteiger partial charge is 0.397 e. The molecule has 4 nitrogen and oxygen atoms in total. The highest BCUT2D eigenvalue weighted by molar-refractivity contribution is 7.09. The van der Waals surface area contributed by atoms with Crippen molar-refractivity contribution < 1.29 is 0 Å². The standard InChI is InChI=1S/C11H14N4S/c1-7-3-9(12)4-13-11(7)14-5-10-15-8(2)6-16-10/h3-4,6H,5,12H2,1-2H3,(H,13,14). The number of rotatable bonds is 3. The van der Waals surface area contributed by atoms with Gasteiger partial charge >= 0.3 is 0 Å². The van der Waals surface area contributed by atoms with Crippen LogP contribution in [0.15, 0.2) is 17.6 Å². The minimum atomic E-state index is 0.688. The van der Waals surface area contributed by atoms with Crippen molar-refractivity contribution >= 4 is 22.8 Å². The molecule has 0 amide bonds. The van der Waals surface area contributed by atoms with Crippen molar-refractivity contribution in [2.24, 2.45) is 0 Å². The molecule has 2 rings (SSSR count). The van der Waals surface area contributed by atoms with Gasteiger partial charge in [-0.15, -0.1) is 11.3 Å². The van der Waals surface area contributed by atoms with Crippen LogP contribution < -0.4 is 11.1 Å². The highest BCUT2D eigenvalue weighted by atomic mass is 32.1. The summed E-state index contributed by atoms with van der Waals surface area (Å²) >= 11 is 1.65. The average Bonchev–Trinajstić information content (AvgIpc) is 2.63. The van der Waals surface area contributed by atoms with Crippen LogP contribution in [0.3, 0.4) is 0 Å². The molecular formula is C11H14N4S. The minimum Gasteiger partial charge on any atom is -0.397 e. The minimum absolute atomic E-state index is 0.688. The lowest BCUT2D eigenvalue weighted by Crippen LogP contribution is -2.03. The first-order valence-electron chi connectivity index (χ1n) is 5.02. The Morgan fingerprint density at radius 2 is 2.25 bits per heavy atom. The van der Waals surface area contributed by atoms with E-state index < -0.39 is 0 Å². The first-order chi connectivity index (χ1) is 7.65. The van der Waals surface area contributed by atoms with Crippen LogP contribution in [0.25, 0.3) is 0 Å². The van der Waals surface area contributed by atoms with Crippen molar-refractivity contribution in [1.29, 1.82) is 0 Å². The number of anilines is 2. The topological polar surface area (TPSA) is 63.8 Å². The number of nitrogens with zero attached hydrogens (tertiary/aromatic N) is 2. The van der Waals surface area contributed by atoms with Gasteiger partial charge in [-0.05, 0) is 25.5 Å². The molecule has 0 saturated heterocycles. The Labute approximate surface area is 98.6 Å². The first kappa shape index (κ1) is 10.9. The molecule has 0 aliphatic carbocycles. The fourth-order valence-electron chi connectivity index (χ4n) is 1.42. The lowest BCUT2D eigenvalue weighted by atomic mass is 10.2. The maximum absolute atomic E-state index is 5.64. The average molecular weight is 234 g/mol. The molecule has 0 saturated carbocycles. The van der Waals surface area contributed by atoms with Crippen molar-refractivity contribution in [2.45, 2.75) is 20.4 Å². The molecule has 2 aromatic rings. The molecule has 0 atom stereocenters. The quantitative estimate of drug-likeness (QED) is 0.855. The van der Waals surface area contributed by atoms with Gasteiger partial charge in [0, 0.05) is 11.1 Å². The molecule has 0 aliphatic heterocycles. The molecule has 0 aromatic carbocycles. The molecule has 0 spiro atoms. The van der Waals surface area contributed by atoms with Crippen molar-refractivity contribution in [1.82, 2.24) is 9.97 Å². The lowest BCUT2D eigenvalue weighted by Gasteiger charge is -2.07. The van der Waals surface area contributed by atoms with Gasteiger partial charge in [0.15, 0.2) is 0 Å². The normalized spacial score (nSPS) is 10.4. The second kappa shape index (κ2) is 4.49. The summed E-state index contributed by atoms with van der Waals surface area (Å²) in [6.07, 6.45) is 1.66. The Bertz CT molecular complexity index is 492. The second-order valence-electron chi connectivity index (χ2n) is 3.67. The van der Waals surface area contributed by atoms with Crippen molar-refractivity contribution in [2.75, 3.05) is 11.1 Å². The number of thiazole rings is 1. The molecule has 5 heteroatoms. The van der Waals surface area contributed by atoms with E-state index >= 15 is 0 Å². The Hall–Kier alpha value is -1.62. The zero-order valence-electron chi connectivity index (χ0n) is 9.32. The SMILES string of the molecule is Cc1csc(CNc2ncc(N)cc2C)n1. The molecule has 0 unspecified atom stereocenters. The van der Waals surface area contributed by atoms with E-state index in [0.29, 0.717) is 12.2 Å². The fourth-order valence-corrected chi connectivity index (χ4v) is 2.14. The highest BCUT2D eigenvalue weighted by Gasteiger charge is 2.02. The maximum Gasteiger partial charge on any atom is 0.129 e. The third-order valence-corrected chi connectivity index (χ3v) is 3.14. The van der Waals surface area contributed by atoms with Gasteiger partial charge in [0.05, 0.1) is 18.4 Å². The number of hydrogen-bond acceptors (Lipinski definition) is 5. The first-order valence-corrected chi connectivity index (χ1v) is 5.90. The van der Waals surface area contributed by atoms with Gasteiger partial charge in [-0.1, -0.05) is 0 Å². The number of pyridine rings is 1. The Kier molecular flexibility index (Phi) is 3.05. The summed E-state index contributed by atoms with van der Waals surface area (Å²) in [7, 11) is 0. The van der Waals surface area contributed by atoms with Gasteiger partial charge in [-0.3, -0.25) is 0 Å². The molecule has 84 valence electrons. The van der Waals surface area contributed by atoms with Crippen LogP contribution in [0.1, 0.15) is 16.3 Å². The molecule has 0 bridgehead atoms. The van der Waals surface area contributed by atoms with E-state index in [1.807, 2.05) is 25.3 Å². The van der Waals surface area contributed by atoms with Gasteiger partial charge in [0.2, 0.25) is 0 Å². The van der Waals surface area contributed by atoms with Gasteiger partial charge in [-0.25, -0.2) is 9.97 Å². The summed E-state index contributed by atoms with van der Waals surface area (Å²) < 4.78 is 0. The van der Waals surface area contributed by atoms with E-state index in [1.165, 1.54) is 0 Å². The Balaban J connectivity index is 2.04. The van der Waals surface area contributed by atoms with Gasteiger partial charge in [-0.2, -0.15) is 0 Å². The monoisotopic (exact) mass is 234 g/mol. The molecule has 2 aromatic heterocycles. The van der Waals surface area contributed by atoms with Gasteiger partial charge in [0.1, 0.15) is 10.8 Å². The Morgan fingerprint density at radius 3 is 2.88 bits per heavy atom. The summed E-state index contributed by atoms with van der Waals surface area (Å²) in [5.41, 5.74) is 8.43. The second-order valence-corrected chi connectivity index (χ2v) is 4.61. The summed E-state index contributed by atoms with van der Waals surface area (Å²) in [4.78, 5) is 8.62. The molecule has 0 radical (unpaired) electrons. The number of nitrogens with two attached hydrogens (primary N) is 1. The molecule has 3 N–H and O–H groups in total. The number of aromatic nitrogens is 2. The zero-order valence-corrected chi connectivity index (χ0v) is 10.1. The zero-order chi connectivity index (χ0) is 11.5. The molecule has 2 heterocycles. The number of nitrogen functional groups attached to an aromatic ring is 1. The highest BCUT2D eigenvalue weighted by Crippen LogP contribution is 2.16. The number of aryl methyl sites for hydroxylation is 2. The molecule has 0 aliphatic rings. The van der Waals surface area contributed by atoms with E-state index in [2.05, 4.69) is 15.3 Å². The Morgan fingerprint density at radius 1 is 1.44 bits per heavy atom. The summed E-state index contributed by atoms with van der Waals surface area (Å²) in [6, 6.07) is 1.91. The maximum atomic E-state index is 5.64. The van der Waals surface area contributed by atoms with Crippen LogP contribution in [0.4, 0.5) is 11.5 Å². The number of nitrogens with one attached hydrogen (secondary N) is 1. The van der Waals surface area contributed by atoms with Gasteiger partial charge in [0.25, 0.3) is 0 Å². The van der Waals surface area contributed by atoms with Crippen molar-refractivity contribution in [3.8, 4) is 0 Å². The van der Waals surface area contributed by atoms with E-state index in [4.69, 9.17) is 5.73 Å². The predicted molar refractivity (Wildman–Crippen MR) is 67.6 cm³/mol. The molecule has 16 heavy (non-hydrogen) atoms. The van der Waals surface area contributed by atoms with Crippen LogP contribution >= 0.6 is 11.3 Å². The fraction of sp³-hybridized carbons (Fsp3) is 0.273. The predicted octanol–water partition coefficient (Wildman–Crippen LogP) is 2.35. The van der Waals surface area contributed by atoms with E-state index in [9.17, 15) is 0 Å².